The molecular weight excluding hydrogens is 372 g/mol. The van der Waals surface area contributed by atoms with Gasteiger partial charge in [-0.2, -0.15) is 4.31 Å². The maximum absolute atomic E-state index is 12.5. The molecule has 9 nitrogen and oxygen atoms in total. The van der Waals surface area contributed by atoms with Crippen molar-refractivity contribution in [2.75, 3.05) is 45.5 Å². The summed E-state index contributed by atoms with van der Waals surface area (Å²) in [6.07, 6.45) is 2.40. The topological polar surface area (TPSA) is 103 Å². The van der Waals surface area contributed by atoms with Crippen LogP contribution < -0.4 is 5.56 Å². The van der Waals surface area contributed by atoms with E-state index in [-0.39, 0.29) is 30.5 Å². The Bertz CT molecular complexity index is 832. The number of likely N-dealkylation sites (tertiary alicyclic amines) is 1. The molecule has 1 amide bonds. The Morgan fingerprint density at radius 3 is 2.52 bits per heavy atom. The highest BCUT2D eigenvalue weighted by atomic mass is 32.2. The van der Waals surface area contributed by atoms with Crippen LogP contribution in [0.3, 0.4) is 0 Å². The molecule has 0 aromatic carbocycles. The SMILES string of the molecule is CS(=O)(=O)N1CCN([C@H]2CN(C(=O)CCn3ccccc3=O)C[C@@H]2O)CC1. The molecule has 0 aliphatic carbocycles. The zero-order valence-electron chi connectivity index (χ0n) is 15.4. The number of sulfonamides is 1. The van der Waals surface area contributed by atoms with Gasteiger partial charge in [0.25, 0.3) is 5.56 Å². The third-order valence-corrected chi connectivity index (χ3v) is 6.59. The highest BCUT2D eigenvalue weighted by molar-refractivity contribution is 7.88. The van der Waals surface area contributed by atoms with Gasteiger partial charge in [-0.1, -0.05) is 6.07 Å². The average Bonchev–Trinajstić information content (AvgIpc) is 3.02. The van der Waals surface area contributed by atoms with Crippen molar-refractivity contribution in [3.8, 4) is 0 Å². The van der Waals surface area contributed by atoms with Gasteiger partial charge < -0.3 is 14.6 Å². The molecule has 27 heavy (non-hydrogen) atoms. The van der Waals surface area contributed by atoms with E-state index in [4.69, 9.17) is 0 Å². The van der Waals surface area contributed by atoms with E-state index in [2.05, 4.69) is 4.90 Å². The minimum Gasteiger partial charge on any atom is -0.390 e. The summed E-state index contributed by atoms with van der Waals surface area (Å²) in [7, 11) is -3.20. The first-order valence-electron chi connectivity index (χ1n) is 9.06. The van der Waals surface area contributed by atoms with Crippen molar-refractivity contribution in [2.45, 2.75) is 25.1 Å². The normalized spacial score (nSPS) is 25.0. The van der Waals surface area contributed by atoms with E-state index < -0.39 is 16.1 Å². The third kappa shape index (κ3) is 4.75. The summed E-state index contributed by atoms with van der Waals surface area (Å²) in [5.41, 5.74) is -0.145. The third-order valence-electron chi connectivity index (χ3n) is 5.29. The first-order chi connectivity index (χ1) is 12.8. The van der Waals surface area contributed by atoms with Crippen LogP contribution in [0.15, 0.2) is 29.2 Å². The van der Waals surface area contributed by atoms with E-state index in [1.807, 2.05) is 0 Å². The number of nitrogens with zero attached hydrogens (tertiary/aromatic N) is 4. The molecular formula is C17H26N4O5S. The van der Waals surface area contributed by atoms with Crippen molar-refractivity contribution in [1.82, 2.24) is 18.7 Å². The van der Waals surface area contributed by atoms with E-state index in [9.17, 15) is 23.1 Å². The summed E-state index contributed by atoms with van der Waals surface area (Å²) in [4.78, 5) is 27.9. The summed E-state index contributed by atoms with van der Waals surface area (Å²) < 4.78 is 26.2. The molecule has 3 rings (SSSR count). The highest BCUT2D eigenvalue weighted by Gasteiger charge is 2.39. The number of aliphatic hydroxyl groups is 1. The summed E-state index contributed by atoms with van der Waals surface area (Å²) in [5.74, 6) is -0.0953. The van der Waals surface area contributed by atoms with Crippen molar-refractivity contribution in [3.63, 3.8) is 0 Å². The molecule has 3 heterocycles. The number of aryl methyl sites for hydroxylation is 1. The number of carbonyl (C=O) groups is 1. The van der Waals surface area contributed by atoms with E-state index in [0.717, 1.165) is 0 Å². The van der Waals surface area contributed by atoms with Crippen LogP contribution in [0.4, 0.5) is 0 Å². The molecule has 1 N–H and O–H groups in total. The second-order valence-corrected chi connectivity index (χ2v) is 9.10. The fraction of sp³-hybridized carbons (Fsp3) is 0.647. The van der Waals surface area contributed by atoms with Crippen molar-refractivity contribution >= 4 is 15.9 Å². The molecule has 0 saturated carbocycles. The number of piperazine rings is 1. The van der Waals surface area contributed by atoms with Gasteiger partial charge in [-0.15, -0.1) is 0 Å². The lowest BCUT2D eigenvalue weighted by atomic mass is 10.1. The van der Waals surface area contributed by atoms with Crippen LogP contribution in [0.1, 0.15) is 6.42 Å². The van der Waals surface area contributed by atoms with Gasteiger partial charge >= 0.3 is 0 Å². The van der Waals surface area contributed by atoms with Gasteiger partial charge in [0.05, 0.1) is 18.4 Å². The van der Waals surface area contributed by atoms with Crippen LogP contribution in [-0.4, -0.2) is 95.8 Å². The van der Waals surface area contributed by atoms with Crippen LogP contribution in [0, 0.1) is 0 Å². The number of pyridine rings is 1. The fourth-order valence-corrected chi connectivity index (χ4v) is 4.54. The molecule has 2 aliphatic heterocycles. The van der Waals surface area contributed by atoms with Gasteiger partial charge in [-0.3, -0.25) is 14.5 Å². The lowest BCUT2D eigenvalue weighted by molar-refractivity contribution is -0.130. The molecule has 0 spiro atoms. The van der Waals surface area contributed by atoms with E-state index in [1.54, 1.807) is 23.2 Å². The average molecular weight is 398 g/mol. The molecule has 0 bridgehead atoms. The number of rotatable bonds is 5. The fourth-order valence-electron chi connectivity index (χ4n) is 3.72. The highest BCUT2D eigenvalue weighted by Crippen LogP contribution is 2.19. The molecule has 1 aromatic heterocycles. The van der Waals surface area contributed by atoms with Gasteiger partial charge in [0, 0.05) is 64.5 Å². The van der Waals surface area contributed by atoms with Gasteiger partial charge in [0.15, 0.2) is 0 Å². The van der Waals surface area contributed by atoms with Crippen molar-refractivity contribution < 1.29 is 18.3 Å². The predicted octanol–water partition coefficient (Wildman–Crippen LogP) is -1.61. The number of carbonyl (C=O) groups excluding carboxylic acids is 1. The Labute approximate surface area is 158 Å². The second-order valence-electron chi connectivity index (χ2n) is 7.11. The Hall–Kier alpha value is -1.75. The van der Waals surface area contributed by atoms with Gasteiger partial charge in [-0.05, 0) is 6.07 Å². The zero-order valence-corrected chi connectivity index (χ0v) is 16.2. The zero-order chi connectivity index (χ0) is 19.6. The quantitative estimate of drug-likeness (QED) is 0.640. The molecule has 2 fully saturated rings. The van der Waals surface area contributed by atoms with Gasteiger partial charge in [-0.25, -0.2) is 8.42 Å². The summed E-state index contributed by atoms with van der Waals surface area (Å²) in [5, 5.41) is 10.4. The molecule has 150 valence electrons. The van der Waals surface area contributed by atoms with Crippen molar-refractivity contribution in [1.29, 1.82) is 0 Å². The van der Waals surface area contributed by atoms with Crippen LogP contribution in [0.5, 0.6) is 0 Å². The number of aliphatic hydroxyl groups excluding tert-OH is 1. The van der Waals surface area contributed by atoms with Gasteiger partial charge in [0.2, 0.25) is 15.9 Å². The summed E-state index contributed by atoms with van der Waals surface area (Å²) in [6, 6.07) is 4.68. The number of amides is 1. The van der Waals surface area contributed by atoms with Crippen LogP contribution in [0.25, 0.3) is 0 Å². The Kier molecular flexibility index (Phi) is 5.99. The van der Waals surface area contributed by atoms with E-state index in [0.29, 0.717) is 39.3 Å². The molecule has 2 saturated heterocycles. The Morgan fingerprint density at radius 2 is 1.89 bits per heavy atom. The number of β-amino-alcohol motifs (C(OH)–C–C–N with tert-alkyl or cyclic N) is 1. The van der Waals surface area contributed by atoms with Crippen molar-refractivity contribution in [3.05, 3.63) is 34.7 Å². The molecule has 0 radical (unpaired) electrons. The lowest BCUT2D eigenvalue weighted by Crippen LogP contribution is -2.54. The van der Waals surface area contributed by atoms with Gasteiger partial charge in [0.1, 0.15) is 0 Å². The second kappa shape index (κ2) is 8.09. The monoisotopic (exact) mass is 398 g/mol. The number of hydrogen-bond acceptors (Lipinski definition) is 6. The predicted molar refractivity (Wildman–Crippen MR) is 99.7 cm³/mol. The van der Waals surface area contributed by atoms with Crippen molar-refractivity contribution in [2.24, 2.45) is 0 Å². The minimum atomic E-state index is -3.20. The number of aromatic nitrogens is 1. The lowest BCUT2D eigenvalue weighted by Gasteiger charge is -2.37. The largest absolute Gasteiger partial charge is 0.390 e. The standard InChI is InChI=1S/C17H26N4O5S/c1-27(25,26)21-10-8-18(9-11-21)14-12-20(13-15(14)22)17(24)5-7-19-6-3-2-4-16(19)23/h2-4,6,14-15,22H,5,7-13H2,1H3/t14-,15-/m0/s1. The molecule has 2 aliphatic rings. The maximum atomic E-state index is 12.5. The smallest absolute Gasteiger partial charge is 0.250 e. The summed E-state index contributed by atoms with van der Waals surface area (Å²) >= 11 is 0. The molecule has 1 aromatic rings. The van der Waals surface area contributed by atoms with Crippen LogP contribution >= 0.6 is 0 Å². The first-order valence-corrected chi connectivity index (χ1v) is 10.9. The van der Waals surface area contributed by atoms with E-state index >= 15 is 0 Å². The van der Waals surface area contributed by atoms with E-state index in [1.165, 1.54) is 21.2 Å². The minimum absolute atomic E-state index is 0.0953. The molecule has 10 heteroatoms. The van der Waals surface area contributed by atoms with Crippen LogP contribution in [-0.2, 0) is 21.4 Å². The van der Waals surface area contributed by atoms with Crippen LogP contribution in [0.2, 0.25) is 0 Å². The molecule has 0 unspecified atom stereocenters. The summed E-state index contributed by atoms with van der Waals surface area (Å²) in [6.45, 7) is 2.86. The maximum Gasteiger partial charge on any atom is 0.250 e. The first kappa shape index (κ1) is 20.0. The Morgan fingerprint density at radius 1 is 1.19 bits per heavy atom. The Balaban J connectivity index is 1.53. The molecule has 2 atom stereocenters. The number of hydrogen-bond donors (Lipinski definition) is 1.